The molecule has 28 heavy (non-hydrogen) atoms. The minimum atomic E-state index is -0.313. The number of likely N-dealkylation sites (tertiary alicyclic amines) is 1. The molecule has 8 heteroatoms. The Bertz CT molecular complexity index is 1020. The van der Waals surface area contributed by atoms with Crippen LogP contribution in [0.5, 0.6) is 0 Å². The first kappa shape index (κ1) is 17.1. The van der Waals surface area contributed by atoms with Gasteiger partial charge in [-0.25, -0.2) is 9.37 Å². The van der Waals surface area contributed by atoms with Crippen molar-refractivity contribution in [2.75, 3.05) is 13.1 Å². The van der Waals surface area contributed by atoms with Crippen molar-refractivity contribution >= 4 is 5.91 Å². The Morgan fingerprint density at radius 2 is 2.04 bits per heavy atom. The topological polar surface area (TPSA) is 90.6 Å². The minimum absolute atomic E-state index is 0.0610. The molecule has 0 bridgehead atoms. The summed E-state index contributed by atoms with van der Waals surface area (Å²) in [5.41, 5.74) is 1.93. The lowest BCUT2D eigenvalue weighted by atomic mass is 9.62. The van der Waals surface area contributed by atoms with Gasteiger partial charge in [0, 0.05) is 24.6 Å². The van der Waals surface area contributed by atoms with Crippen LogP contribution in [-0.2, 0) is 0 Å². The van der Waals surface area contributed by atoms with E-state index in [0.717, 1.165) is 30.1 Å². The van der Waals surface area contributed by atoms with Crippen LogP contribution in [0.4, 0.5) is 4.39 Å². The first-order valence-corrected chi connectivity index (χ1v) is 9.53. The second-order valence-corrected chi connectivity index (χ2v) is 7.90. The van der Waals surface area contributed by atoms with E-state index >= 15 is 0 Å². The van der Waals surface area contributed by atoms with E-state index in [0.29, 0.717) is 24.3 Å². The number of nitrogens with one attached hydrogen (secondary N) is 2. The second kappa shape index (κ2) is 6.25. The van der Waals surface area contributed by atoms with Crippen LogP contribution >= 0.6 is 0 Å². The molecule has 1 aliphatic carbocycles. The van der Waals surface area contributed by atoms with Crippen molar-refractivity contribution in [2.45, 2.75) is 32.1 Å². The van der Waals surface area contributed by atoms with Crippen molar-refractivity contribution in [2.24, 2.45) is 5.41 Å². The summed E-state index contributed by atoms with van der Waals surface area (Å²) in [6.45, 7) is 3.20. The van der Waals surface area contributed by atoms with Crippen molar-refractivity contribution in [3.05, 3.63) is 53.5 Å². The molecule has 3 aromatic rings. The molecule has 144 valence electrons. The highest BCUT2D eigenvalue weighted by Gasteiger charge is 2.53. The van der Waals surface area contributed by atoms with Crippen molar-refractivity contribution in [3.8, 4) is 11.3 Å². The summed E-state index contributed by atoms with van der Waals surface area (Å²) in [5, 5.41) is 14.3. The molecule has 1 atom stereocenters. The number of aromatic nitrogens is 5. The molecule has 0 radical (unpaired) electrons. The van der Waals surface area contributed by atoms with E-state index in [4.69, 9.17) is 0 Å². The van der Waals surface area contributed by atoms with Crippen molar-refractivity contribution in [1.29, 1.82) is 0 Å². The molecule has 2 aliphatic rings. The van der Waals surface area contributed by atoms with E-state index in [9.17, 15) is 9.18 Å². The number of H-pyrrole nitrogens is 2. The highest BCUT2D eigenvalue weighted by atomic mass is 19.1. The van der Waals surface area contributed by atoms with Crippen LogP contribution in [0.1, 0.15) is 47.2 Å². The fourth-order valence-electron chi connectivity index (χ4n) is 4.59. The Balaban J connectivity index is 1.44. The number of aromatic amines is 2. The SMILES string of the molecule is Cc1nc(C2CN(C(=O)c3cn[nH]c3-c3ccc(F)cc3)CC23CCC3)n[nH]1. The zero-order valence-electron chi connectivity index (χ0n) is 15.6. The summed E-state index contributed by atoms with van der Waals surface area (Å²) in [6, 6.07) is 6.06. The molecule has 1 aromatic carbocycles. The van der Waals surface area contributed by atoms with Crippen LogP contribution in [0.2, 0.25) is 0 Å². The third-order valence-electron chi connectivity index (χ3n) is 6.21. The fraction of sp³-hybridized carbons (Fsp3) is 0.400. The van der Waals surface area contributed by atoms with Gasteiger partial charge in [-0.1, -0.05) is 6.42 Å². The predicted molar refractivity (Wildman–Crippen MR) is 100 cm³/mol. The smallest absolute Gasteiger partial charge is 0.257 e. The van der Waals surface area contributed by atoms with E-state index in [2.05, 4.69) is 25.4 Å². The maximum Gasteiger partial charge on any atom is 0.257 e. The highest BCUT2D eigenvalue weighted by molar-refractivity contribution is 6.00. The third kappa shape index (κ3) is 2.63. The predicted octanol–water partition coefficient (Wildman–Crippen LogP) is 3.05. The second-order valence-electron chi connectivity index (χ2n) is 7.90. The van der Waals surface area contributed by atoms with Crippen LogP contribution in [0, 0.1) is 18.2 Å². The summed E-state index contributed by atoms with van der Waals surface area (Å²) in [7, 11) is 0. The van der Waals surface area contributed by atoms with Crippen LogP contribution in [0.25, 0.3) is 11.3 Å². The molecule has 1 unspecified atom stereocenters. The number of carbonyl (C=O) groups excluding carboxylic acids is 1. The van der Waals surface area contributed by atoms with Gasteiger partial charge < -0.3 is 4.90 Å². The molecular formula is C20H21FN6O. The standard InChI is InChI=1S/C20H21FN6O/c1-12-23-18(26-24-12)16-10-27(11-20(16)7-2-8-20)19(28)15-9-22-25-17(15)13-3-5-14(21)6-4-13/h3-6,9,16H,2,7-8,10-11H2,1H3,(H,22,25)(H,23,24,26). The zero-order valence-corrected chi connectivity index (χ0v) is 15.6. The minimum Gasteiger partial charge on any atom is -0.337 e. The van der Waals surface area contributed by atoms with Gasteiger partial charge in [0.05, 0.1) is 17.5 Å². The molecule has 2 N–H and O–H groups in total. The van der Waals surface area contributed by atoms with Crippen LogP contribution < -0.4 is 0 Å². The summed E-state index contributed by atoms with van der Waals surface area (Å²) in [4.78, 5) is 19.8. The molecule has 7 nitrogen and oxygen atoms in total. The molecule has 1 aliphatic heterocycles. The number of amides is 1. The van der Waals surface area contributed by atoms with Crippen molar-refractivity contribution in [3.63, 3.8) is 0 Å². The van der Waals surface area contributed by atoms with Crippen LogP contribution in [0.15, 0.2) is 30.5 Å². The van der Waals surface area contributed by atoms with Gasteiger partial charge in [0.15, 0.2) is 5.82 Å². The molecule has 2 fully saturated rings. The van der Waals surface area contributed by atoms with Gasteiger partial charge in [-0.2, -0.15) is 10.2 Å². The molecule has 1 spiro atoms. The average molecular weight is 380 g/mol. The number of rotatable bonds is 3. The summed E-state index contributed by atoms with van der Waals surface area (Å²) < 4.78 is 13.3. The number of aryl methyl sites for hydroxylation is 1. The van der Waals surface area contributed by atoms with Gasteiger partial charge in [0.25, 0.3) is 5.91 Å². The molecule has 1 saturated carbocycles. The number of hydrogen-bond donors (Lipinski definition) is 2. The zero-order chi connectivity index (χ0) is 19.3. The van der Waals surface area contributed by atoms with Gasteiger partial charge in [-0.05, 0) is 49.4 Å². The first-order chi connectivity index (χ1) is 13.6. The van der Waals surface area contributed by atoms with Gasteiger partial charge >= 0.3 is 0 Å². The van der Waals surface area contributed by atoms with Gasteiger partial charge in [-0.15, -0.1) is 0 Å². The maximum atomic E-state index is 13.3. The van der Waals surface area contributed by atoms with E-state index < -0.39 is 0 Å². The summed E-state index contributed by atoms with van der Waals surface area (Å²) in [5.74, 6) is 1.37. The number of benzene rings is 1. The molecular weight excluding hydrogens is 359 g/mol. The van der Waals surface area contributed by atoms with Gasteiger partial charge in [0.2, 0.25) is 0 Å². The molecule has 2 aromatic heterocycles. The Labute approximate surface area is 161 Å². The molecule has 5 rings (SSSR count). The fourth-order valence-corrected chi connectivity index (χ4v) is 4.59. The van der Waals surface area contributed by atoms with E-state index in [-0.39, 0.29) is 23.1 Å². The quantitative estimate of drug-likeness (QED) is 0.731. The number of hydrogen-bond acceptors (Lipinski definition) is 4. The van der Waals surface area contributed by atoms with Crippen LogP contribution in [0.3, 0.4) is 0 Å². The van der Waals surface area contributed by atoms with E-state index in [1.165, 1.54) is 18.6 Å². The summed E-state index contributed by atoms with van der Waals surface area (Å²) >= 11 is 0. The third-order valence-corrected chi connectivity index (χ3v) is 6.21. The maximum absolute atomic E-state index is 13.3. The van der Waals surface area contributed by atoms with Gasteiger partial charge in [0.1, 0.15) is 11.6 Å². The Kier molecular flexibility index (Phi) is 3.82. The lowest BCUT2D eigenvalue weighted by Crippen LogP contribution is -2.38. The van der Waals surface area contributed by atoms with Crippen LogP contribution in [-0.4, -0.2) is 49.3 Å². The van der Waals surface area contributed by atoms with Crippen molar-refractivity contribution in [1.82, 2.24) is 30.3 Å². The molecule has 1 amide bonds. The number of nitrogens with zero attached hydrogens (tertiary/aromatic N) is 4. The molecule has 3 heterocycles. The lowest BCUT2D eigenvalue weighted by molar-refractivity contribution is 0.0724. The van der Waals surface area contributed by atoms with E-state index in [1.807, 2.05) is 11.8 Å². The van der Waals surface area contributed by atoms with E-state index in [1.54, 1.807) is 18.3 Å². The normalized spacial score (nSPS) is 20.5. The average Bonchev–Trinajstić information content (AvgIpc) is 3.38. The number of halogens is 1. The Hall–Kier alpha value is -3.03. The van der Waals surface area contributed by atoms with Gasteiger partial charge in [-0.3, -0.25) is 15.0 Å². The largest absolute Gasteiger partial charge is 0.337 e. The Morgan fingerprint density at radius 3 is 2.68 bits per heavy atom. The number of carbonyl (C=O) groups is 1. The monoisotopic (exact) mass is 380 g/mol. The highest BCUT2D eigenvalue weighted by Crippen LogP contribution is 2.55. The Morgan fingerprint density at radius 1 is 1.25 bits per heavy atom. The lowest BCUT2D eigenvalue weighted by Gasteiger charge is -2.41. The molecule has 1 saturated heterocycles. The summed E-state index contributed by atoms with van der Waals surface area (Å²) in [6.07, 6.45) is 4.91. The van der Waals surface area contributed by atoms with Crippen molar-refractivity contribution < 1.29 is 9.18 Å². The first-order valence-electron chi connectivity index (χ1n) is 9.53.